The minimum Gasteiger partial charge on any atom is -0.467 e. The highest BCUT2D eigenvalue weighted by Crippen LogP contribution is 2.17. The summed E-state index contributed by atoms with van der Waals surface area (Å²) in [6, 6.07) is 2.47. The van der Waals surface area contributed by atoms with Crippen LogP contribution in [0.1, 0.15) is 26.0 Å². The van der Waals surface area contributed by atoms with Crippen molar-refractivity contribution in [1.29, 1.82) is 0 Å². The van der Waals surface area contributed by atoms with E-state index in [-0.39, 0.29) is 0 Å². The molecule has 1 aromatic rings. The molecule has 0 fully saturated rings. The van der Waals surface area contributed by atoms with E-state index < -0.39 is 0 Å². The molecule has 1 atom stereocenters. The summed E-state index contributed by atoms with van der Waals surface area (Å²) in [5, 5.41) is 3.45. The fraction of sp³-hybridized carbons (Fsp3) is 0.636. The second-order valence-corrected chi connectivity index (χ2v) is 5.71. The molecular weight excluding hydrogens is 274 g/mol. The second-order valence-electron chi connectivity index (χ2n) is 3.46. The molecule has 0 aliphatic heterocycles. The largest absolute Gasteiger partial charge is 0.467 e. The van der Waals surface area contributed by atoms with Gasteiger partial charge in [-0.1, -0.05) is 6.92 Å². The molecule has 86 valence electrons. The van der Waals surface area contributed by atoms with Gasteiger partial charge in [-0.15, -0.1) is 0 Å². The molecule has 1 unspecified atom stereocenters. The maximum atomic E-state index is 5.33. The maximum Gasteiger partial charge on any atom is 0.131 e. The third kappa shape index (κ3) is 5.09. The number of thioether (sulfide) groups is 1. The van der Waals surface area contributed by atoms with Gasteiger partial charge in [0, 0.05) is 6.04 Å². The molecule has 0 aromatic carbocycles. The topological polar surface area (TPSA) is 25.2 Å². The molecule has 0 radical (unpaired) electrons. The Kier molecular flexibility index (Phi) is 6.45. The Morgan fingerprint density at radius 3 is 3.00 bits per heavy atom. The summed E-state index contributed by atoms with van der Waals surface area (Å²) in [4.78, 5) is 0. The Morgan fingerprint density at radius 1 is 1.60 bits per heavy atom. The van der Waals surface area contributed by atoms with Crippen LogP contribution in [0.25, 0.3) is 0 Å². The molecular formula is C11H18BrNOS. The van der Waals surface area contributed by atoms with Gasteiger partial charge in [0.05, 0.1) is 17.3 Å². The number of furan rings is 1. The Balaban J connectivity index is 2.16. The van der Waals surface area contributed by atoms with E-state index in [1.807, 2.05) is 17.8 Å². The third-order valence-corrected chi connectivity index (χ3v) is 3.84. The van der Waals surface area contributed by atoms with Crippen molar-refractivity contribution in [3.8, 4) is 0 Å². The zero-order valence-electron chi connectivity index (χ0n) is 9.25. The average Bonchev–Trinajstić information content (AvgIpc) is 2.61. The maximum absolute atomic E-state index is 5.33. The molecule has 0 aliphatic rings. The lowest BCUT2D eigenvalue weighted by Gasteiger charge is -2.12. The van der Waals surface area contributed by atoms with Gasteiger partial charge < -0.3 is 9.73 Å². The van der Waals surface area contributed by atoms with Gasteiger partial charge >= 0.3 is 0 Å². The van der Waals surface area contributed by atoms with Crippen LogP contribution in [0.4, 0.5) is 0 Å². The standard InChI is InChI=1S/C11H18BrNOS/c1-3-15-7-5-9(2)13-8-11-10(12)4-6-14-11/h4,6,9,13H,3,5,7-8H2,1-2H3. The molecule has 0 bridgehead atoms. The lowest BCUT2D eigenvalue weighted by Crippen LogP contribution is -2.25. The highest BCUT2D eigenvalue weighted by molar-refractivity contribution is 9.10. The number of halogens is 1. The number of hydrogen-bond acceptors (Lipinski definition) is 3. The molecule has 0 aliphatic carbocycles. The molecule has 1 N–H and O–H groups in total. The van der Waals surface area contributed by atoms with Gasteiger partial charge in [0.1, 0.15) is 5.76 Å². The van der Waals surface area contributed by atoms with E-state index in [1.165, 1.54) is 17.9 Å². The zero-order chi connectivity index (χ0) is 11.1. The summed E-state index contributed by atoms with van der Waals surface area (Å²) in [5.74, 6) is 3.41. The van der Waals surface area contributed by atoms with Gasteiger partial charge in [0.25, 0.3) is 0 Å². The fourth-order valence-electron chi connectivity index (χ4n) is 1.22. The van der Waals surface area contributed by atoms with Gasteiger partial charge in [0.2, 0.25) is 0 Å². The van der Waals surface area contributed by atoms with Crippen molar-refractivity contribution in [2.45, 2.75) is 32.9 Å². The molecule has 15 heavy (non-hydrogen) atoms. The molecule has 0 saturated carbocycles. The van der Waals surface area contributed by atoms with Gasteiger partial charge in [-0.2, -0.15) is 11.8 Å². The average molecular weight is 292 g/mol. The van der Waals surface area contributed by atoms with E-state index in [9.17, 15) is 0 Å². The summed E-state index contributed by atoms with van der Waals surface area (Å²) in [5.41, 5.74) is 0. The predicted molar refractivity (Wildman–Crippen MR) is 70.3 cm³/mol. The Morgan fingerprint density at radius 2 is 2.40 bits per heavy atom. The summed E-state index contributed by atoms with van der Waals surface area (Å²) in [6.07, 6.45) is 2.91. The van der Waals surface area contributed by atoms with Gasteiger partial charge in [0.15, 0.2) is 0 Å². The SMILES string of the molecule is CCSCCC(C)NCc1occc1Br. The smallest absolute Gasteiger partial charge is 0.131 e. The van der Waals surface area contributed by atoms with Crippen LogP contribution < -0.4 is 5.32 Å². The van der Waals surface area contributed by atoms with Crippen LogP contribution >= 0.6 is 27.7 Å². The fourth-order valence-corrected chi connectivity index (χ4v) is 2.38. The second kappa shape index (κ2) is 7.36. The van der Waals surface area contributed by atoms with Gasteiger partial charge in [-0.05, 0) is 46.8 Å². The number of nitrogens with one attached hydrogen (secondary N) is 1. The summed E-state index contributed by atoms with van der Waals surface area (Å²) >= 11 is 5.43. The molecule has 4 heteroatoms. The summed E-state index contributed by atoms with van der Waals surface area (Å²) in [6.45, 7) is 5.21. The first-order chi connectivity index (χ1) is 7.24. The monoisotopic (exact) mass is 291 g/mol. The molecule has 1 heterocycles. The van der Waals surface area contributed by atoms with Crippen LogP contribution in [-0.4, -0.2) is 17.5 Å². The van der Waals surface area contributed by atoms with Crippen molar-refractivity contribution in [1.82, 2.24) is 5.32 Å². The van der Waals surface area contributed by atoms with E-state index in [4.69, 9.17) is 4.42 Å². The van der Waals surface area contributed by atoms with E-state index in [0.29, 0.717) is 6.04 Å². The highest BCUT2D eigenvalue weighted by atomic mass is 79.9. The predicted octanol–water partition coefficient (Wildman–Crippen LogP) is 3.66. The molecule has 1 aromatic heterocycles. The van der Waals surface area contributed by atoms with Crippen molar-refractivity contribution in [3.05, 3.63) is 22.6 Å². The molecule has 0 saturated heterocycles. The van der Waals surface area contributed by atoms with Crippen LogP contribution in [0.3, 0.4) is 0 Å². The molecule has 0 amide bonds. The molecule has 1 rings (SSSR count). The first kappa shape index (κ1) is 13.1. The van der Waals surface area contributed by atoms with E-state index in [1.54, 1.807) is 6.26 Å². The van der Waals surface area contributed by atoms with Gasteiger partial charge in [-0.3, -0.25) is 0 Å². The summed E-state index contributed by atoms with van der Waals surface area (Å²) < 4.78 is 6.37. The van der Waals surface area contributed by atoms with Crippen LogP contribution in [0, 0.1) is 0 Å². The Bertz CT molecular complexity index is 277. The normalized spacial score (nSPS) is 13.0. The van der Waals surface area contributed by atoms with Gasteiger partial charge in [-0.25, -0.2) is 0 Å². The van der Waals surface area contributed by atoms with E-state index in [2.05, 4.69) is 35.1 Å². The van der Waals surface area contributed by atoms with Crippen molar-refractivity contribution >= 4 is 27.7 Å². The van der Waals surface area contributed by atoms with Crippen molar-refractivity contribution < 1.29 is 4.42 Å². The van der Waals surface area contributed by atoms with Crippen LogP contribution in [0.15, 0.2) is 21.2 Å². The van der Waals surface area contributed by atoms with E-state index in [0.717, 1.165) is 16.8 Å². The minimum absolute atomic E-state index is 0.543. The Hall–Kier alpha value is 0.0700. The van der Waals surface area contributed by atoms with Crippen LogP contribution in [0.2, 0.25) is 0 Å². The molecule has 2 nitrogen and oxygen atoms in total. The van der Waals surface area contributed by atoms with Crippen molar-refractivity contribution in [2.24, 2.45) is 0 Å². The third-order valence-electron chi connectivity index (χ3n) is 2.20. The van der Waals surface area contributed by atoms with Crippen molar-refractivity contribution in [3.63, 3.8) is 0 Å². The number of rotatable bonds is 7. The highest BCUT2D eigenvalue weighted by Gasteiger charge is 2.05. The van der Waals surface area contributed by atoms with Crippen molar-refractivity contribution in [2.75, 3.05) is 11.5 Å². The lowest BCUT2D eigenvalue weighted by molar-refractivity contribution is 0.449. The lowest BCUT2D eigenvalue weighted by atomic mass is 10.2. The zero-order valence-corrected chi connectivity index (χ0v) is 11.7. The minimum atomic E-state index is 0.543. The molecule has 0 spiro atoms. The van der Waals surface area contributed by atoms with Crippen LogP contribution in [0.5, 0.6) is 0 Å². The number of hydrogen-bond donors (Lipinski definition) is 1. The summed E-state index contributed by atoms with van der Waals surface area (Å²) in [7, 11) is 0. The first-order valence-corrected chi connectivity index (χ1v) is 7.21. The quantitative estimate of drug-likeness (QED) is 0.776. The first-order valence-electron chi connectivity index (χ1n) is 5.27. The Labute approximate surface area is 104 Å². The van der Waals surface area contributed by atoms with Crippen LogP contribution in [-0.2, 0) is 6.54 Å². The van der Waals surface area contributed by atoms with E-state index >= 15 is 0 Å².